The third kappa shape index (κ3) is 2.28. The molecule has 0 aromatic carbocycles. The molecular weight excluding hydrogens is 196 g/mol. The van der Waals surface area contributed by atoms with Crippen molar-refractivity contribution in [1.82, 2.24) is 10.6 Å². The van der Waals surface area contributed by atoms with Crippen LogP contribution in [-0.4, -0.2) is 35.6 Å². The number of nitrogens with one attached hydrogen (secondary N) is 2. The number of carbonyl (C=O) groups is 2. The highest BCUT2D eigenvalue weighted by Gasteiger charge is 2.42. The molecule has 0 aliphatic carbocycles. The summed E-state index contributed by atoms with van der Waals surface area (Å²) in [4.78, 5) is 21.9. The predicted molar refractivity (Wildman–Crippen MR) is 53.3 cm³/mol. The van der Waals surface area contributed by atoms with Crippen LogP contribution < -0.4 is 10.6 Å². The zero-order valence-electron chi connectivity index (χ0n) is 8.53. The first-order valence-electron chi connectivity index (χ1n) is 5.42. The van der Waals surface area contributed by atoms with Gasteiger partial charge >= 0.3 is 5.97 Å². The standard InChI is InChI=1S/C10H16N2O3/c13-9(14)3-4-11-10(15)7-5-6-1-2-8(7)12-6/h6-8,12H,1-5H2,(H,11,15)(H,13,14). The van der Waals surface area contributed by atoms with Gasteiger partial charge in [0.15, 0.2) is 0 Å². The lowest BCUT2D eigenvalue weighted by molar-refractivity contribution is -0.137. The topological polar surface area (TPSA) is 78.4 Å². The first-order chi connectivity index (χ1) is 7.16. The maximum atomic E-state index is 11.7. The van der Waals surface area contributed by atoms with Crippen LogP contribution in [-0.2, 0) is 9.59 Å². The van der Waals surface area contributed by atoms with Gasteiger partial charge in [-0.05, 0) is 19.3 Å². The van der Waals surface area contributed by atoms with Crippen molar-refractivity contribution < 1.29 is 14.7 Å². The lowest BCUT2D eigenvalue weighted by Crippen LogP contribution is -2.38. The average molecular weight is 212 g/mol. The Morgan fingerprint density at radius 1 is 1.40 bits per heavy atom. The summed E-state index contributed by atoms with van der Waals surface area (Å²) in [5.74, 6) is -0.810. The molecule has 1 amide bonds. The summed E-state index contributed by atoms with van der Waals surface area (Å²) in [5.41, 5.74) is 0. The monoisotopic (exact) mass is 212 g/mol. The van der Waals surface area contributed by atoms with Crippen molar-refractivity contribution in [3.8, 4) is 0 Å². The van der Waals surface area contributed by atoms with Crippen LogP contribution in [0.4, 0.5) is 0 Å². The molecule has 2 saturated heterocycles. The molecule has 2 heterocycles. The molecule has 2 bridgehead atoms. The molecular formula is C10H16N2O3. The van der Waals surface area contributed by atoms with Crippen LogP contribution in [0.25, 0.3) is 0 Å². The predicted octanol–water partition coefficient (Wildman–Crippen LogP) is -0.282. The number of carboxylic acid groups (broad SMARTS) is 1. The van der Waals surface area contributed by atoms with Gasteiger partial charge in [-0.3, -0.25) is 9.59 Å². The van der Waals surface area contributed by atoms with Gasteiger partial charge in [0.25, 0.3) is 0 Å². The van der Waals surface area contributed by atoms with E-state index < -0.39 is 5.97 Å². The van der Waals surface area contributed by atoms with E-state index in [1.54, 1.807) is 0 Å². The van der Waals surface area contributed by atoms with Crippen molar-refractivity contribution in [3.63, 3.8) is 0 Å². The molecule has 2 fully saturated rings. The Kier molecular flexibility index (Phi) is 2.90. The fraction of sp³-hybridized carbons (Fsp3) is 0.800. The number of hydrogen-bond acceptors (Lipinski definition) is 3. The summed E-state index contributed by atoms with van der Waals surface area (Å²) >= 11 is 0. The molecule has 2 aliphatic heterocycles. The van der Waals surface area contributed by atoms with Crippen LogP contribution in [0.15, 0.2) is 0 Å². The Morgan fingerprint density at radius 3 is 2.73 bits per heavy atom. The molecule has 2 aliphatic rings. The third-order valence-electron chi connectivity index (χ3n) is 3.27. The van der Waals surface area contributed by atoms with E-state index in [9.17, 15) is 9.59 Å². The molecule has 3 N–H and O–H groups in total. The second-order valence-corrected chi connectivity index (χ2v) is 4.32. The molecule has 0 saturated carbocycles. The number of amides is 1. The molecule has 5 nitrogen and oxygen atoms in total. The van der Waals surface area contributed by atoms with Crippen molar-refractivity contribution in [2.75, 3.05) is 6.54 Å². The summed E-state index contributed by atoms with van der Waals surface area (Å²) in [7, 11) is 0. The van der Waals surface area contributed by atoms with E-state index in [2.05, 4.69) is 10.6 Å². The summed E-state index contributed by atoms with van der Waals surface area (Å²) in [6.07, 6.45) is 3.15. The van der Waals surface area contributed by atoms with Crippen LogP contribution in [0, 0.1) is 5.92 Å². The Hall–Kier alpha value is -1.10. The van der Waals surface area contributed by atoms with Crippen molar-refractivity contribution >= 4 is 11.9 Å². The highest BCUT2D eigenvalue weighted by atomic mass is 16.4. The third-order valence-corrected chi connectivity index (χ3v) is 3.27. The number of fused-ring (bicyclic) bond motifs is 2. The molecule has 84 valence electrons. The zero-order valence-corrected chi connectivity index (χ0v) is 8.53. The highest BCUT2D eigenvalue weighted by Crippen LogP contribution is 2.33. The van der Waals surface area contributed by atoms with Crippen molar-refractivity contribution in [1.29, 1.82) is 0 Å². The minimum atomic E-state index is -0.874. The van der Waals surface area contributed by atoms with Crippen molar-refractivity contribution in [3.05, 3.63) is 0 Å². The smallest absolute Gasteiger partial charge is 0.305 e. The number of carboxylic acids is 1. The van der Waals surface area contributed by atoms with E-state index in [1.807, 2.05) is 0 Å². The first kappa shape index (κ1) is 10.4. The van der Waals surface area contributed by atoms with Gasteiger partial charge in [-0.25, -0.2) is 0 Å². The number of rotatable bonds is 4. The van der Waals surface area contributed by atoms with Crippen LogP contribution >= 0.6 is 0 Å². The first-order valence-corrected chi connectivity index (χ1v) is 5.42. The quantitative estimate of drug-likeness (QED) is 0.599. The summed E-state index contributed by atoms with van der Waals surface area (Å²) in [6.45, 7) is 0.238. The van der Waals surface area contributed by atoms with Crippen LogP contribution in [0.3, 0.4) is 0 Å². The Bertz CT molecular complexity index is 280. The Labute approximate surface area is 88.2 Å². The van der Waals surface area contributed by atoms with Crippen molar-refractivity contribution in [2.24, 2.45) is 5.92 Å². The second-order valence-electron chi connectivity index (χ2n) is 4.32. The van der Waals surface area contributed by atoms with E-state index in [4.69, 9.17) is 5.11 Å². The summed E-state index contributed by atoms with van der Waals surface area (Å²) in [6, 6.07) is 0.824. The second kappa shape index (κ2) is 4.18. The van der Waals surface area contributed by atoms with Gasteiger partial charge in [0.05, 0.1) is 12.3 Å². The SMILES string of the molecule is O=C(O)CCNC(=O)C1CC2CCC1N2. The molecule has 3 unspecified atom stereocenters. The average Bonchev–Trinajstić information content (AvgIpc) is 2.77. The number of aliphatic carboxylic acids is 1. The van der Waals surface area contributed by atoms with Crippen LogP contribution in [0.5, 0.6) is 0 Å². The van der Waals surface area contributed by atoms with Crippen molar-refractivity contribution in [2.45, 2.75) is 37.8 Å². The fourth-order valence-corrected chi connectivity index (χ4v) is 2.54. The van der Waals surface area contributed by atoms with Gasteiger partial charge in [0.1, 0.15) is 0 Å². The highest BCUT2D eigenvalue weighted by molar-refractivity contribution is 5.80. The molecule has 3 atom stereocenters. The van der Waals surface area contributed by atoms with E-state index in [0.717, 1.165) is 12.8 Å². The summed E-state index contributed by atoms with van der Waals surface area (Å²) < 4.78 is 0. The fourth-order valence-electron chi connectivity index (χ4n) is 2.54. The van der Waals surface area contributed by atoms with Gasteiger partial charge in [0, 0.05) is 18.6 Å². The summed E-state index contributed by atoms with van der Waals surface area (Å²) in [5, 5.41) is 14.5. The maximum Gasteiger partial charge on any atom is 0.305 e. The van der Waals surface area contributed by atoms with Crippen LogP contribution in [0.2, 0.25) is 0 Å². The molecule has 0 aromatic heterocycles. The Balaban J connectivity index is 1.74. The zero-order chi connectivity index (χ0) is 10.8. The molecule has 2 rings (SSSR count). The van der Waals surface area contributed by atoms with Gasteiger partial charge in [-0.1, -0.05) is 0 Å². The van der Waals surface area contributed by atoms with E-state index in [-0.39, 0.29) is 24.8 Å². The number of hydrogen-bond donors (Lipinski definition) is 3. The lowest BCUT2D eigenvalue weighted by atomic mass is 9.88. The van der Waals surface area contributed by atoms with Crippen LogP contribution in [0.1, 0.15) is 25.7 Å². The molecule has 0 radical (unpaired) electrons. The van der Waals surface area contributed by atoms with Gasteiger partial charge < -0.3 is 15.7 Å². The van der Waals surface area contributed by atoms with E-state index in [0.29, 0.717) is 12.1 Å². The van der Waals surface area contributed by atoms with Gasteiger partial charge in [-0.2, -0.15) is 0 Å². The molecule has 15 heavy (non-hydrogen) atoms. The molecule has 0 aromatic rings. The molecule has 0 spiro atoms. The van der Waals surface area contributed by atoms with E-state index >= 15 is 0 Å². The largest absolute Gasteiger partial charge is 0.481 e. The lowest BCUT2D eigenvalue weighted by Gasteiger charge is -2.18. The Morgan fingerprint density at radius 2 is 2.20 bits per heavy atom. The van der Waals surface area contributed by atoms with Gasteiger partial charge in [-0.15, -0.1) is 0 Å². The van der Waals surface area contributed by atoms with E-state index in [1.165, 1.54) is 6.42 Å². The minimum absolute atomic E-state index is 0.0000161. The normalized spacial score (nSPS) is 32.9. The van der Waals surface area contributed by atoms with Gasteiger partial charge in [0.2, 0.25) is 5.91 Å². The number of carbonyl (C=O) groups excluding carboxylic acids is 1. The molecule has 5 heteroatoms. The minimum Gasteiger partial charge on any atom is -0.481 e. The maximum absolute atomic E-state index is 11.7.